The molecule has 0 aliphatic carbocycles. The van der Waals surface area contributed by atoms with Gasteiger partial charge in [0.05, 0.1) is 17.9 Å². The lowest BCUT2D eigenvalue weighted by Crippen LogP contribution is -2.18. The maximum Gasteiger partial charge on any atom is 0.0666 e. The molecule has 0 N–H and O–H groups in total. The number of nitrogens with zero attached hydrogens (tertiary/aromatic N) is 3. The highest BCUT2D eigenvalue weighted by Crippen LogP contribution is 2.18. The van der Waals surface area contributed by atoms with Gasteiger partial charge < -0.3 is 0 Å². The van der Waals surface area contributed by atoms with Crippen molar-refractivity contribution >= 4 is 11.4 Å². The van der Waals surface area contributed by atoms with Crippen LogP contribution in [-0.2, 0) is 6.54 Å². The standard InChI is InChI=1S/C20H19N3/c1-17(19-11-8-14-21-15-19)22-23(20-12-6-3-7-13-20)16-18-9-4-2-5-10-18/h2-15H,16H2,1H3. The Morgan fingerprint density at radius 2 is 1.61 bits per heavy atom. The van der Waals surface area contributed by atoms with Crippen molar-refractivity contribution in [1.29, 1.82) is 0 Å². The van der Waals surface area contributed by atoms with Crippen molar-refractivity contribution < 1.29 is 0 Å². The molecule has 0 saturated carbocycles. The first-order valence-electron chi connectivity index (χ1n) is 7.65. The van der Waals surface area contributed by atoms with Crippen LogP contribution in [0.2, 0.25) is 0 Å². The second-order valence-electron chi connectivity index (χ2n) is 5.31. The maximum atomic E-state index is 4.82. The monoisotopic (exact) mass is 301 g/mol. The molecular weight excluding hydrogens is 282 g/mol. The van der Waals surface area contributed by atoms with Crippen molar-refractivity contribution in [2.24, 2.45) is 5.10 Å². The number of benzene rings is 2. The zero-order valence-corrected chi connectivity index (χ0v) is 13.1. The Morgan fingerprint density at radius 3 is 2.26 bits per heavy atom. The molecule has 0 saturated heterocycles. The fraction of sp³-hybridized carbons (Fsp3) is 0.100. The van der Waals surface area contributed by atoms with Gasteiger partial charge in [-0.05, 0) is 30.7 Å². The highest BCUT2D eigenvalue weighted by Gasteiger charge is 2.07. The number of aromatic nitrogens is 1. The summed E-state index contributed by atoms with van der Waals surface area (Å²) in [6.07, 6.45) is 3.61. The van der Waals surface area contributed by atoms with Gasteiger partial charge in [0.2, 0.25) is 0 Å². The van der Waals surface area contributed by atoms with E-state index in [9.17, 15) is 0 Å². The molecule has 3 rings (SSSR count). The third-order valence-corrected chi connectivity index (χ3v) is 3.58. The zero-order chi connectivity index (χ0) is 15.9. The largest absolute Gasteiger partial charge is 0.264 e. The van der Waals surface area contributed by atoms with E-state index in [-0.39, 0.29) is 0 Å². The summed E-state index contributed by atoms with van der Waals surface area (Å²) < 4.78 is 0. The van der Waals surface area contributed by atoms with Crippen LogP contribution >= 0.6 is 0 Å². The van der Waals surface area contributed by atoms with Gasteiger partial charge in [-0.25, -0.2) is 0 Å². The van der Waals surface area contributed by atoms with Gasteiger partial charge in [0.25, 0.3) is 0 Å². The Hall–Kier alpha value is -2.94. The molecule has 0 unspecified atom stereocenters. The van der Waals surface area contributed by atoms with Crippen molar-refractivity contribution in [2.75, 3.05) is 5.01 Å². The van der Waals surface area contributed by atoms with Crippen LogP contribution < -0.4 is 5.01 Å². The van der Waals surface area contributed by atoms with Crippen LogP contribution in [0.3, 0.4) is 0 Å². The Balaban J connectivity index is 1.92. The molecule has 3 heteroatoms. The van der Waals surface area contributed by atoms with E-state index in [2.05, 4.69) is 41.4 Å². The molecule has 114 valence electrons. The van der Waals surface area contributed by atoms with Crippen LogP contribution in [0.5, 0.6) is 0 Å². The first-order valence-corrected chi connectivity index (χ1v) is 7.65. The molecule has 0 bridgehead atoms. The normalized spacial score (nSPS) is 11.3. The molecule has 0 radical (unpaired) electrons. The molecule has 3 aromatic rings. The smallest absolute Gasteiger partial charge is 0.0666 e. The number of pyridine rings is 1. The SMILES string of the molecule is CC(=NN(Cc1ccccc1)c1ccccc1)c1cccnc1. The third-order valence-electron chi connectivity index (χ3n) is 3.58. The van der Waals surface area contributed by atoms with Crippen LogP contribution in [0, 0.1) is 0 Å². The predicted molar refractivity (Wildman–Crippen MR) is 95.5 cm³/mol. The summed E-state index contributed by atoms with van der Waals surface area (Å²) in [5, 5.41) is 6.85. The highest BCUT2D eigenvalue weighted by atomic mass is 15.5. The summed E-state index contributed by atoms with van der Waals surface area (Å²) >= 11 is 0. The topological polar surface area (TPSA) is 28.5 Å². The quantitative estimate of drug-likeness (QED) is 0.512. The van der Waals surface area contributed by atoms with Gasteiger partial charge >= 0.3 is 0 Å². The summed E-state index contributed by atoms with van der Waals surface area (Å²) in [4.78, 5) is 4.17. The molecule has 0 fully saturated rings. The summed E-state index contributed by atoms with van der Waals surface area (Å²) in [7, 11) is 0. The van der Waals surface area contributed by atoms with Crippen molar-refractivity contribution in [1.82, 2.24) is 4.98 Å². The van der Waals surface area contributed by atoms with E-state index in [0.29, 0.717) is 0 Å². The second-order valence-corrected chi connectivity index (χ2v) is 5.31. The number of rotatable bonds is 5. The van der Waals surface area contributed by atoms with E-state index in [1.807, 2.05) is 54.5 Å². The van der Waals surface area contributed by atoms with Crippen LogP contribution in [0.15, 0.2) is 90.3 Å². The summed E-state index contributed by atoms with van der Waals surface area (Å²) in [6, 6.07) is 24.5. The highest BCUT2D eigenvalue weighted by molar-refractivity contribution is 5.98. The predicted octanol–water partition coefficient (Wildman–Crippen LogP) is 4.51. The van der Waals surface area contributed by atoms with E-state index in [0.717, 1.165) is 23.5 Å². The fourth-order valence-electron chi connectivity index (χ4n) is 2.36. The second kappa shape index (κ2) is 7.36. The van der Waals surface area contributed by atoms with Crippen LogP contribution in [0.1, 0.15) is 18.1 Å². The average Bonchev–Trinajstić information content (AvgIpc) is 2.63. The maximum absolute atomic E-state index is 4.82. The molecule has 23 heavy (non-hydrogen) atoms. The molecule has 1 aromatic heterocycles. The molecular formula is C20H19N3. The molecule has 3 nitrogen and oxygen atoms in total. The Bertz CT molecular complexity index is 753. The Labute approximate surface area is 136 Å². The lowest BCUT2D eigenvalue weighted by atomic mass is 10.2. The van der Waals surface area contributed by atoms with Gasteiger partial charge in [-0.15, -0.1) is 0 Å². The van der Waals surface area contributed by atoms with Crippen molar-refractivity contribution in [2.45, 2.75) is 13.5 Å². The van der Waals surface area contributed by atoms with E-state index in [4.69, 9.17) is 5.10 Å². The minimum Gasteiger partial charge on any atom is -0.264 e. The Morgan fingerprint density at radius 1 is 0.913 bits per heavy atom. The molecule has 1 heterocycles. The van der Waals surface area contributed by atoms with Crippen LogP contribution in [0.4, 0.5) is 5.69 Å². The number of hydrogen-bond acceptors (Lipinski definition) is 3. The first kappa shape index (κ1) is 15.0. The molecule has 0 aliphatic heterocycles. The average molecular weight is 301 g/mol. The zero-order valence-electron chi connectivity index (χ0n) is 13.1. The van der Waals surface area contributed by atoms with Gasteiger partial charge in [-0.2, -0.15) is 5.10 Å². The minimum absolute atomic E-state index is 0.725. The molecule has 0 spiro atoms. The van der Waals surface area contributed by atoms with Crippen molar-refractivity contribution in [3.8, 4) is 0 Å². The molecule has 2 aromatic carbocycles. The van der Waals surface area contributed by atoms with Gasteiger partial charge in [0.1, 0.15) is 0 Å². The minimum atomic E-state index is 0.725. The van der Waals surface area contributed by atoms with E-state index < -0.39 is 0 Å². The van der Waals surface area contributed by atoms with Gasteiger partial charge in [-0.1, -0.05) is 54.6 Å². The van der Waals surface area contributed by atoms with E-state index in [1.54, 1.807) is 6.20 Å². The summed E-state index contributed by atoms with van der Waals surface area (Å²) in [5.41, 5.74) is 4.26. The van der Waals surface area contributed by atoms with Gasteiger partial charge in [0, 0.05) is 18.0 Å². The van der Waals surface area contributed by atoms with Crippen molar-refractivity contribution in [3.05, 3.63) is 96.3 Å². The number of hydrogen-bond donors (Lipinski definition) is 0. The first-order chi connectivity index (χ1) is 11.3. The molecule has 0 aliphatic rings. The lowest BCUT2D eigenvalue weighted by molar-refractivity contribution is 0.853. The van der Waals surface area contributed by atoms with E-state index >= 15 is 0 Å². The summed E-state index contributed by atoms with van der Waals surface area (Å²) in [5.74, 6) is 0. The molecule has 0 atom stereocenters. The van der Waals surface area contributed by atoms with Crippen LogP contribution in [-0.4, -0.2) is 10.7 Å². The third kappa shape index (κ3) is 4.04. The van der Waals surface area contributed by atoms with Gasteiger partial charge in [-0.3, -0.25) is 9.99 Å². The number of hydrazone groups is 1. The van der Waals surface area contributed by atoms with Gasteiger partial charge in [0.15, 0.2) is 0 Å². The molecule has 0 amide bonds. The number of para-hydroxylation sites is 1. The lowest BCUT2D eigenvalue weighted by Gasteiger charge is -2.20. The fourth-order valence-corrected chi connectivity index (χ4v) is 2.36. The van der Waals surface area contributed by atoms with E-state index in [1.165, 1.54) is 5.56 Å². The number of anilines is 1. The van der Waals surface area contributed by atoms with Crippen LogP contribution in [0.25, 0.3) is 0 Å². The summed E-state index contributed by atoms with van der Waals surface area (Å²) in [6.45, 7) is 2.74. The Kier molecular flexibility index (Phi) is 4.79. The van der Waals surface area contributed by atoms with Crippen molar-refractivity contribution in [3.63, 3.8) is 0 Å².